The molecule has 0 bridgehead atoms. The summed E-state index contributed by atoms with van der Waals surface area (Å²) in [7, 11) is 0. The van der Waals surface area contributed by atoms with Gasteiger partial charge in [0.05, 0.1) is 22.3 Å². The molecule has 9 heteroatoms. The second-order valence-electron chi connectivity index (χ2n) is 8.75. The molecule has 4 heterocycles. The number of para-hydroxylation sites is 2. The zero-order valence-electron chi connectivity index (χ0n) is 18.8. The predicted molar refractivity (Wildman–Crippen MR) is 122 cm³/mol. The van der Waals surface area contributed by atoms with E-state index < -0.39 is 0 Å². The first-order valence-electron chi connectivity index (χ1n) is 11.5. The van der Waals surface area contributed by atoms with Crippen molar-refractivity contribution in [1.82, 2.24) is 29.7 Å². The van der Waals surface area contributed by atoms with Gasteiger partial charge in [0, 0.05) is 38.3 Å². The van der Waals surface area contributed by atoms with E-state index in [9.17, 15) is 9.59 Å². The van der Waals surface area contributed by atoms with E-state index in [2.05, 4.69) is 19.9 Å². The Hall–Kier alpha value is -3.33. The van der Waals surface area contributed by atoms with Crippen LogP contribution in [0.25, 0.3) is 11.0 Å². The van der Waals surface area contributed by atoms with E-state index in [1.807, 2.05) is 36.1 Å². The van der Waals surface area contributed by atoms with Gasteiger partial charge in [-0.1, -0.05) is 12.1 Å². The van der Waals surface area contributed by atoms with Gasteiger partial charge in [-0.05, 0) is 38.3 Å². The summed E-state index contributed by atoms with van der Waals surface area (Å²) in [4.78, 5) is 45.7. The molecule has 1 N–H and O–H groups in total. The van der Waals surface area contributed by atoms with Gasteiger partial charge in [-0.25, -0.2) is 15.0 Å². The number of aryl methyl sites for hydroxylation is 1. The Labute approximate surface area is 192 Å². The Balaban J connectivity index is 1.14. The molecule has 0 saturated carbocycles. The molecule has 1 unspecified atom stereocenters. The molecular formula is C24H28N6O3. The van der Waals surface area contributed by atoms with E-state index in [-0.39, 0.29) is 30.9 Å². The quantitative estimate of drug-likeness (QED) is 0.621. The van der Waals surface area contributed by atoms with Crippen LogP contribution in [0, 0.1) is 6.92 Å². The predicted octanol–water partition coefficient (Wildman–Crippen LogP) is 2.43. The van der Waals surface area contributed by atoms with Gasteiger partial charge in [-0.15, -0.1) is 0 Å². The van der Waals surface area contributed by atoms with Crippen molar-refractivity contribution >= 4 is 22.8 Å². The molecule has 172 valence electrons. The number of amides is 2. The van der Waals surface area contributed by atoms with E-state index in [4.69, 9.17) is 4.74 Å². The molecule has 2 aliphatic heterocycles. The fourth-order valence-electron chi connectivity index (χ4n) is 4.58. The number of imidazole rings is 1. The van der Waals surface area contributed by atoms with Gasteiger partial charge in [0.2, 0.25) is 5.91 Å². The van der Waals surface area contributed by atoms with Gasteiger partial charge in [0.1, 0.15) is 24.9 Å². The molecular weight excluding hydrogens is 420 g/mol. The molecule has 0 spiro atoms. The average Bonchev–Trinajstić information content (AvgIpc) is 3.59. The van der Waals surface area contributed by atoms with Crippen LogP contribution in [-0.2, 0) is 16.1 Å². The number of aromatic amines is 1. The third kappa shape index (κ3) is 4.59. The van der Waals surface area contributed by atoms with E-state index in [1.54, 1.807) is 11.1 Å². The standard InChI is InChI=1S/C24H28N6O3/c1-16-18(24(32)29-9-4-5-10-29)12-25-23(26-16)17-8-11-30(13-17)22(31)15-33-14-21-27-19-6-2-3-7-20(19)28-21/h2-3,6-7,12,17H,4-5,8-11,13-15H2,1H3,(H,27,28). The normalized spacial score (nSPS) is 18.4. The van der Waals surface area contributed by atoms with Crippen molar-refractivity contribution in [3.8, 4) is 0 Å². The maximum atomic E-state index is 12.7. The van der Waals surface area contributed by atoms with E-state index >= 15 is 0 Å². The minimum atomic E-state index is -0.0498. The summed E-state index contributed by atoms with van der Waals surface area (Å²) in [5.74, 6) is 1.44. The number of aromatic nitrogens is 4. The van der Waals surface area contributed by atoms with Crippen LogP contribution in [-0.4, -0.2) is 74.3 Å². The second-order valence-corrected chi connectivity index (χ2v) is 8.75. The van der Waals surface area contributed by atoms with E-state index in [0.29, 0.717) is 36.0 Å². The van der Waals surface area contributed by atoms with Crippen LogP contribution in [0.3, 0.4) is 0 Å². The number of likely N-dealkylation sites (tertiary alicyclic amines) is 2. The Morgan fingerprint density at radius 1 is 1.12 bits per heavy atom. The number of nitrogens with zero attached hydrogens (tertiary/aromatic N) is 5. The molecule has 2 amide bonds. The number of hydrogen-bond acceptors (Lipinski definition) is 6. The van der Waals surface area contributed by atoms with Crippen LogP contribution in [0.4, 0.5) is 0 Å². The number of benzene rings is 1. The number of fused-ring (bicyclic) bond motifs is 1. The Morgan fingerprint density at radius 2 is 1.94 bits per heavy atom. The average molecular weight is 449 g/mol. The Bertz CT molecular complexity index is 1140. The zero-order chi connectivity index (χ0) is 22.8. The Kier molecular flexibility index (Phi) is 6.04. The molecule has 1 atom stereocenters. The SMILES string of the molecule is Cc1nc(C2CCN(C(=O)COCc3nc4ccccc4[nH]3)C2)ncc1C(=O)N1CCCC1. The van der Waals surface area contributed by atoms with Crippen molar-refractivity contribution < 1.29 is 14.3 Å². The molecule has 33 heavy (non-hydrogen) atoms. The highest BCUT2D eigenvalue weighted by atomic mass is 16.5. The lowest BCUT2D eigenvalue weighted by Crippen LogP contribution is -2.32. The Morgan fingerprint density at radius 3 is 2.73 bits per heavy atom. The number of ether oxygens (including phenoxy) is 1. The van der Waals surface area contributed by atoms with Gasteiger partial charge in [0.25, 0.3) is 5.91 Å². The number of H-pyrrole nitrogens is 1. The molecule has 0 aliphatic carbocycles. The second kappa shape index (κ2) is 9.27. The minimum Gasteiger partial charge on any atom is -0.364 e. The summed E-state index contributed by atoms with van der Waals surface area (Å²) in [6.07, 6.45) is 4.56. The fraction of sp³-hybridized carbons (Fsp3) is 0.458. The maximum Gasteiger partial charge on any atom is 0.257 e. The monoisotopic (exact) mass is 448 g/mol. The lowest BCUT2D eigenvalue weighted by atomic mass is 10.1. The molecule has 2 aromatic heterocycles. The number of carbonyl (C=O) groups excluding carboxylic acids is 2. The topological polar surface area (TPSA) is 104 Å². The van der Waals surface area contributed by atoms with Crippen molar-refractivity contribution in [3.05, 3.63) is 53.4 Å². The highest BCUT2D eigenvalue weighted by molar-refractivity contribution is 5.95. The minimum absolute atomic E-state index is 0.00687. The van der Waals surface area contributed by atoms with Crippen LogP contribution >= 0.6 is 0 Å². The molecule has 9 nitrogen and oxygen atoms in total. The summed E-state index contributed by atoms with van der Waals surface area (Å²) in [5.41, 5.74) is 3.11. The lowest BCUT2D eigenvalue weighted by Gasteiger charge is -2.18. The summed E-state index contributed by atoms with van der Waals surface area (Å²) in [5, 5.41) is 0. The molecule has 2 aliphatic rings. The highest BCUT2D eigenvalue weighted by Gasteiger charge is 2.30. The third-order valence-electron chi connectivity index (χ3n) is 6.43. The molecule has 2 saturated heterocycles. The summed E-state index contributed by atoms with van der Waals surface area (Å²) in [6, 6.07) is 7.78. The largest absolute Gasteiger partial charge is 0.364 e. The van der Waals surface area contributed by atoms with Gasteiger partial charge in [-0.2, -0.15) is 0 Å². The first-order valence-corrected chi connectivity index (χ1v) is 11.5. The van der Waals surface area contributed by atoms with Crippen LogP contribution in [0.2, 0.25) is 0 Å². The van der Waals surface area contributed by atoms with Crippen molar-refractivity contribution in [1.29, 1.82) is 0 Å². The molecule has 5 rings (SSSR count). The van der Waals surface area contributed by atoms with Crippen LogP contribution in [0.5, 0.6) is 0 Å². The first kappa shape index (κ1) is 21.5. The fourth-order valence-corrected chi connectivity index (χ4v) is 4.58. The number of rotatable bonds is 6. The van der Waals surface area contributed by atoms with Crippen molar-refractivity contribution in [2.75, 3.05) is 32.8 Å². The van der Waals surface area contributed by atoms with Gasteiger partial charge < -0.3 is 19.5 Å². The first-order chi connectivity index (χ1) is 16.1. The number of nitrogens with one attached hydrogen (secondary N) is 1. The van der Waals surface area contributed by atoms with E-state index in [0.717, 1.165) is 43.4 Å². The van der Waals surface area contributed by atoms with Crippen LogP contribution < -0.4 is 0 Å². The van der Waals surface area contributed by atoms with Crippen LogP contribution in [0.15, 0.2) is 30.5 Å². The van der Waals surface area contributed by atoms with Gasteiger partial charge in [0.15, 0.2) is 0 Å². The number of carbonyl (C=O) groups is 2. The third-order valence-corrected chi connectivity index (χ3v) is 6.43. The summed E-state index contributed by atoms with van der Waals surface area (Å²) < 4.78 is 5.62. The molecule has 1 aromatic carbocycles. The molecule has 0 radical (unpaired) electrons. The molecule has 2 fully saturated rings. The zero-order valence-corrected chi connectivity index (χ0v) is 18.8. The number of hydrogen-bond donors (Lipinski definition) is 1. The molecule has 3 aromatic rings. The van der Waals surface area contributed by atoms with Crippen molar-refractivity contribution in [2.24, 2.45) is 0 Å². The smallest absolute Gasteiger partial charge is 0.257 e. The van der Waals surface area contributed by atoms with Gasteiger partial charge in [-0.3, -0.25) is 9.59 Å². The van der Waals surface area contributed by atoms with Crippen molar-refractivity contribution in [2.45, 2.75) is 38.7 Å². The summed E-state index contributed by atoms with van der Waals surface area (Å²) >= 11 is 0. The summed E-state index contributed by atoms with van der Waals surface area (Å²) in [6.45, 7) is 4.94. The van der Waals surface area contributed by atoms with Crippen LogP contribution in [0.1, 0.15) is 52.9 Å². The highest BCUT2D eigenvalue weighted by Crippen LogP contribution is 2.26. The van der Waals surface area contributed by atoms with Gasteiger partial charge >= 0.3 is 0 Å². The lowest BCUT2D eigenvalue weighted by molar-refractivity contribution is -0.135. The van der Waals surface area contributed by atoms with E-state index in [1.165, 1.54) is 0 Å². The van der Waals surface area contributed by atoms with Crippen molar-refractivity contribution in [3.63, 3.8) is 0 Å². The maximum absolute atomic E-state index is 12.7.